The summed E-state index contributed by atoms with van der Waals surface area (Å²) in [6, 6.07) is 15.6. The molecule has 30 heavy (non-hydrogen) atoms. The number of nitrogens with zero attached hydrogens (tertiary/aromatic N) is 3. The number of piperidine rings is 1. The molecule has 0 atom stereocenters. The summed E-state index contributed by atoms with van der Waals surface area (Å²) in [5.74, 6) is -0.792. The van der Waals surface area contributed by atoms with Crippen LogP contribution in [0.3, 0.4) is 0 Å². The Morgan fingerprint density at radius 3 is 2.40 bits per heavy atom. The predicted octanol–water partition coefficient (Wildman–Crippen LogP) is 4.18. The van der Waals surface area contributed by atoms with Gasteiger partial charge in [-0.05, 0) is 81.1 Å². The summed E-state index contributed by atoms with van der Waals surface area (Å²) < 4.78 is 0. The van der Waals surface area contributed by atoms with Gasteiger partial charge in [0.2, 0.25) is 0 Å². The van der Waals surface area contributed by atoms with E-state index in [1.54, 1.807) is 0 Å². The Kier molecular flexibility index (Phi) is 6.28. The summed E-state index contributed by atoms with van der Waals surface area (Å²) in [5.41, 5.74) is 6.72. The Labute approximate surface area is 179 Å². The lowest BCUT2D eigenvalue weighted by molar-refractivity contribution is -0.143. The highest BCUT2D eigenvalue weighted by atomic mass is 16.4. The van der Waals surface area contributed by atoms with Gasteiger partial charge in [0, 0.05) is 37.7 Å². The van der Waals surface area contributed by atoms with Gasteiger partial charge in [0.05, 0.1) is 5.92 Å². The van der Waals surface area contributed by atoms with Crippen molar-refractivity contribution in [3.05, 3.63) is 53.6 Å². The molecule has 0 spiro atoms. The molecule has 0 aliphatic carbocycles. The van der Waals surface area contributed by atoms with E-state index < -0.39 is 5.97 Å². The first-order chi connectivity index (χ1) is 14.5. The molecule has 0 saturated carbocycles. The van der Waals surface area contributed by atoms with Crippen LogP contribution in [0.15, 0.2) is 42.5 Å². The number of carboxylic acids is 1. The van der Waals surface area contributed by atoms with Gasteiger partial charge >= 0.3 is 5.97 Å². The van der Waals surface area contributed by atoms with Gasteiger partial charge in [-0.2, -0.15) is 0 Å². The fourth-order valence-corrected chi connectivity index (χ4v) is 4.77. The van der Waals surface area contributed by atoms with Crippen molar-refractivity contribution in [3.8, 4) is 0 Å². The molecule has 2 aromatic rings. The number of fused-ring (bicyclic) bond motifs is 2. The van der Waals surface area contributed by atoms with E-state index in [1.807, 2.05) is 0 Å². The lowest BCUT2D eigenvalue weighted by Crippen LogP contribution is -2.37. The molecule has 2 aliphatic heterocycles. The molecule has 1 fully saturated rings. The molecule has 1 N–H and O–H groups in total. The van der Waals surface area contributed by atoms with Crippen molar-refractivity contribution in [2.75, 3.05) is 50.1 Å². The van der Waals surface area contributed by atoms with E-state index in [0.717, 1.165) is 58.3 Å². The van der Waals surface area contributed by atoms with Gasteiger partial charge in [0.25, 0.3) is 0 Å². The van der Waals surface area contributed by atoms with Crippen LogP contribution in [0.1, 0.15) is 30.4 Å². The number of para-hydroxylation sites is 1. The van der Waals surface area contributed by atoms with Gasteiger partial charge < -0.3 is 19.8 Å². The van der Waals surface area contributed by atoms with Crippen LogP contribution in [0, 0.1) is 5.92 Å². The molecule has 1 saturated heterocycles. The van der Waals surface area contributed by atoms with Crippen LogP contribution in [0.2, 0.25) is 0 Å². The zero-order chi connectivity index (χ0) is 21.1. The highest BCUT2D eigenvalue weighted by molar-refractivity contribution is 5.74. The smallest absolute Gasteiger partial charge is 0.306 e. The summed E-state index contributed by atoms with van der Waals surface area (Å²) in [4.78, 5) is 18.3. The number of hydrogen-bond acceptors (Lipinski definition) is 4. The molecule has 0 radical (unpaired) electrons. The van der Waals surface area contributed by atoms with Crippen molar-refractivity contribution in [2.24, 2.45) is 5.92 Å². The van der Waals surface area contributed by atoms with Gasteiger partial charge in [0.1, 0.15) is 0 Å². The average molecular weight is 408 g/mol. The summed E-state index contributed by atoms with van der Waals surface area (Å²) in [5, 5.41) is 9.22. The molecular weight excluding hydrogens is 374 g/mol. The van der Waals surface area contributed by atoms with E-state index >= 15 is 0 Å². The predicted molar refractivity (Wildman–Crippen MR) is 123 cm³/mol. The number of carboxylic acid groups (broad SMARTS) is 1. The average Bonchev–Trinajstić information content (AvgIpc) is 2.91. The Morgan fingerprint density at radius 2 is 1.70 bits per heavy atom. The molecule has 0 unspecified atom stereocenters. The number of benzene rings is 2. The van der Waals surface area contributed by atoms with Crippen molar-refractivity contribution in [2.45, 2.75) is 32.1 Å². The number of anilines is 3. The molecule has 0 bridgehead atoms. The normalized spacial score (nSPS) is 17.2. The molecule has 5 heteroatoms. The second kappa shape index (κ2) is 9.09. The Morgan fingerprint density at radius 1 is 1.00 bits per heavy atom. The molecular formula is C25H33N3O2. The molecule has 5 nitrogen and oxygen atoms in total. The van der Waals surface area contributed by atoms with Crippen molar-refractivity contribution < 1.29 is 9.90 Å². The SMILES string of the molecule is CN(C)c1ccc2c(c1)N(CCCN1CCC(C(=O)O)CC1)c1ccccc1CC2. The number of aliphatic carboxylic acids is 1. The zero-order valence-corrected chi connectivity index (χ0v) is 18.2. The van der Waals surface area contributed by atoms with E-state index in [1.165, 1.54) is 28.2 Å². The lowest BCUT2D eigenvalue weighted by Gasteiger charge is -2.32. The first kappa shape index (κ1) is 20.7. The minimum Gasteiger partial charge on any atom is -0.481 e. The summed E-state index contributed by atoms with van der Waals surface area (Å²) in [6.45, 7) is 3.79. The van der Waals surface area contributed by atoms with Gasteiger partial charge in [-0.15, -0.1) is 0 Å². The first-order valence-electron chi connectivity index (χ1n) is 11.1. The molecule has 2 heterocycles. The van der Waals surface area contributed by atoms with Gasteiger partial charge in [0.15, 0.2) is 0 Å². The molecule has 0 aromatic heterocycles. The number of likely N-dealkylation sites (tertiary alicyclic amines) is 1. The third kappa shape index (κ3) is 4.46. The maximum atomic E-state index is 11.2. The van der Waals surface area contributed by atoms with Crippen LogP contribution in [-0.4, -0.2) is 56.3 Å². The largest absolute Gasteiger partial charge is 0.481 e. The Balaban J connectivity index is 1.50. The maximum absolute atomic E-state index is 11.2. The summed E-state index contributed by atoms with van der Waals surface area (Å²) in [6.07, 6.45) is 4.76. The standard InChI is InChI=1S/C25H33N3O2/c1-26(2)22-11-10-20-9-8-19-6-3-4-7-23(19)28(24(20)18-22)15-5-14-27-16-12-21(13-17-27)25(29)30/h3-4,6-7,10-11,18,21H,5,8-9,12-17H2,1-2H3,(H,29,30). The molecule has 2 aromatic carbocycles. The highest BCUT2D eigenvalue weighted by Crippen LogP contribution is 2.38. The van der Waals surface area contributed by atoms with Crippen LogP contribution in [0.4, 0.5) is 17.1 Å². The molecule has 2 aliphatic rings. The van der Waals surface area contributed by atoms with Crippen molar-refractivity contribution in [1.29, 1.82) is 0 Å². The van der Waals surface area contributed by atoms with Crippen molar-refractivity contribution in [1.82, 2.24) is 4.90 Å². The first-order valence-corrected chi connectivity index (χ1v) is 11.1. The van der Waals surface area contributed by atoms with E-state index in [0.29, 0.717) is 0 Å². The van der Waals surface area contributed by atoms with Crippen LogP contribution in [0.5, 0.6) is 0 Å². The zero-order valence-electron chi connectivity index (χ0n) is 18.2. The van der Waals surface area contributed by atoms with Gasteiger partial charge in [-0.25, -0.2) is 0 Å². The lowest BCUT2D eigenvalue weighted by atomic mass is 9.97. The number of carbonyl (C=O) groups is 1. The van der Waals surface area contributed by atoms with Crippen molar-refractivity contribution >= 4 is 23.0 Å². The topological polar surface area (TPSA) is 47.0 Å². The minimum absolute atomic E-state index is 0.157. The Bertz CT molecular complexity index is 888. The van der Waals surface area contributed by atoms with Crippen LogP contribution >= 0.6 is 0 Å². The fraction of sp³-hybridized carbons (Fsp3) is 0.480. The second-order valence-electron chi connectivity index (χ2n) is 8.80. The third-order valence-corrected chi connectivity index (χ3v) is 6.62. The highest BCUT2D eigenvalue weighted by Gasteiger charge is 2.25. The van der Waals surface area contributed by atoms with Gasteiger partial charge in [-0.3, -0.25) is 4.79 Å². The van der Waals surface area contributed by atoms with E-state index in [-0.39, 0.29) is 5.92 Å². The minimum atomic E-state index is -0.635. The van der Waals surface area contributed by atoms with Crippen LogP contribution in [0.25, 0.3) is 0 Å². The van der Waals surface area contributed by atoms with Gasteiger partial charge in [-0.1, -0.05) is 24.3 Å². The van der Waals surface area contributed by atoms with E-state index in [9.17, 15) is 9.90 Å². The quantitative estimate of drug-likeness (QED) is 0.779. The molecule has 4 rings (SSSR count). The number of aryl methyl sites for hydroxylation is 2. The second-order valence-corrected chi connectivity index (χ2v) is 8.80. The summed E-state index contributed by atoms with van der Waals surface area (Å²) >= 11 is 0. The van der Waals surface area contributed by atoms with E-state index in [4.69, 9.17) is 0 Å². The van der Waals surface area contributed by atoms with Crippen LogP contribution in [-0.2, 0) is 17.6 Å². The van der Waals surface area contributed by atoms with Crippen LogP contribution < -0.4 is 9.80 Å². The third-order valence-electron chi connectivity index (χ3n) is 6.62. The van der Waals surface area contributed by atoms with Crippen molar-refractivity contribution in [3.63, 3.8) is 0 Å². The maximum Gasteiger partial charge on any atom is 0.306 e. The molecule has 160 valence electrons. The fourth-order valence-electron chi connectivity index (χ4n) is 4.77. The molecule has 0 amide bonds. The summed E-state index contributed by atoms with van der Waals surface area (Å²) in [7, 11) is 4.19. The monoisotopic (exact) mass is 407 g/mol. The van der Waals surface area contributed by atoms with E-state index in [2.05, 4.69) is 71.3 Å². The number of rotatable bonds is 6. The Hall–Kier alpha value is -2.53. The number of hydrogen-bond donors (Lipinski definition) is 1.